The molecule has 3 rings (SSSR count). The Morgan fingerprint density at radius 3 is 3.07 bits per heavy atom. The van der Waals surface area contributed by atoms with Crippen LogP contribution in [0.5, 0.6) is 5.88 Å². The third-order valence-corrected chi connectivity index (χ3v) is 2.83. The number of fused-ring (bicyclic) bond motifs is 2. The van der Waals surface area contributed by atoms with Gasteiger partial charge < -0.3 is 4.74 Å². The van der Waals surface area contributed by atoms with Gasteiger partial charge in [0.15, 0.2) is 0 Å². The van der Waals surface area contributed by atoms with Crippen LogP contribution in [0.25, 0.3) is 10.9 Å². The Morgan fingerprint density at radius 1 is 1.33 bits per heavy atom. The van der Waals surface area contributed by atoms with Crippen LogP contribution in [0, 0.1) is 6.92 Å². The molecule has 2 heterocycles. The maximum atomic E-state index is 5.63. The lowest BCUT2D eigenvalue weighted by Crippen LogP contribution is -2.05. The number of pyridine rings is 1. The molecule has 0 saturated carbocycles. The van der Waals surface area contributed by atoms with Crippen LogP contribution in [0.2, 0.25) is 0 Å². The molecule has 0 bridgehead atoms. The van der Waals surface area contributed by atoms with Gasteiger partial charge in [0.1, 0.15) is 6.10 Å². The second kappa shape index (κ2) is 2.96. The molecule has 1 unspecified atom stereocenters. The second-order valence-electron chi connectivity index (χ2n) is 4.28. The molecule has 2 heteroatoms. The number of benzene rings is 1. The average Bonchev–Trinajstić information content (AvgIpc) is 2.53. The zero-order valence-corrected chi connectivity index (χ0v) is 8.95. The first kappa shape index (κ1) is 8.72. The SMILES string of the molecule is Cc1ccc2nc3c(cc2c1)CC(C)O3. The molecular weight excluding hydrogens is 186 g/mol. The van der Waals surface area contributed by atoms with Gasteiger partial charge in [-0.25, -0.2) is 4.98 Å². The van der Waals surface area contributed by atoms with Crippen LogP contribution < -0.4 is 4.74 Å². The van der Waals surface area contributed by atoms with Crippen LogP contribution in [0.3, 0.4) is 0 Å². The summed E-state index contributed by atoms with van der Waals surface area (Å²) in [5.41, 5.74) is 3.53. The molecular formula is C13H13NO. The van der Waals surface area contributed by atoms with Gasteiger partial charge in [-0.15, -0.1) is 0 Å². The van der Waals surface area contributed by atoms with E-state index in [1.165, 1.54) is 16.5 Å². The van der Waals surface area contributed by atoms with Crippen molar-refractivity contribution in [1.82, 2.24) is 4.98 Å². The minimum atomic E-state index is 0.269. The van der Waals surface area contributed by atoms with Crippen LogP contribution >= 0.6 is 0 Å². The number of hydrogen-bond donors (Lipinski definition) is 0. The van der Waals surface area contributed by atoms with Gasteiger partial charge in [-0.3, -0.25) is 0 Å². The van der Waals surface area contributed by atoms with Crippen molar-refractivity contribution in [3.63, 3.8) is 0 Å². The van der Waals surface area contributed by atoms with Gasteiger partial charge in [0.25, 0.3) is 0 Å². The monoisotopic (exact) mass is 199 g/mol. The van der Waals surface area contributed by atoms with Gasteiger partial charge in [0, 0.05) is 17.4 Å². The Morgan fingerprint density at radius 2 is 2.20 bits per heavy atom. The first-order chi connectivity index (χ1) is 7.22. The van der Waals surface area contributed by atoms with E-state index in [0.29, 0.717) is 0 Å². The third kappa shape index (κ3) is 1.37. The van der Waals surface area contributed by atoms with E-state index in [9.17, 15) is 0 Å². The Balaban J connectivity index is 2.25. The van der Waals surface area contributed by atoms with Crippen molar-refractivity contribution < 1.29 is 4.74 Å². The van der Waals surface area contributed by atoms with Crippen LogP contribution in [-0.4, -0.2) is 11.1 Å². The summed E-state index contributed by atoms with van der Waals surface area (Å²) in [5.74, 6) is 0.818. The fourth-order valence-corrected chi connectivity index (χ4v) is 2.11. The van der Waals surface area contributed by atoms with E-state index in [1.54, 1.807) is 0 Å². The lowest BCUT2D eigenvalue weighted by Gasteiger charge is -2.03. The number of rotatable bonds is 0. The zero-order valence-electron chi connectivity index (χ0n) is 8.95. The maximum Gasteiger partial charge on any atom is 0.217 e. The molecule has 1 aliphatic rings. The van der Waals surface area contributed by atoms with Crippen molar-refractivity contribution in [2.75, 3.05) is 0 Å². The number of nitrogens with zero attached hydrogens (tertiary/aromatic N) is 1. The molecule has 1 aliphatic heterocycles. The van der Waals surface area contributed by atoms with Crippen LogP contribution in [0.4, 0.5) is 0 Å². The summed E-state index contributed by atoms with van der Waals surface area (Å²) in [5, 5.41) is 1.21. The van der Waals surface area contributed by atoms with Crippen molar-refractivity contribution in [3.8, 4) is 5.88 Å². The first-order valence-electron chi connectivity index (χ1n) is 5.29. The lowest BCUT2D eigenvalue weighted by molar-refractivity contribution is 0.247. The summed E-state index contributed by atoms with van der Waals surface area (Å²) in [6, 6.07) is 8.51. The second-order valence-corrected chi connectivity index (χ2v) is 4.28. The fraction of sp³-hybridized carbons (Fsp3) is 0.308. The van der Waals surface area contributed by atoms with Gasteiger partial charge in [-0.2, -0.15) is 0 Å². The quantitative estimate of drug-likeness (QED) is 0.651. The van der Waals surface area contributed by atoms with Crippen LogP contribution in [-0.2, 0) is 6.42 Å². The molecule has 0 aliphatic carbocycles. The minimum absolute atomic E-state index is 0.269. The Kier molecular flexibility index (Phi) is 1.72. The summed E-state index contributed by atoms with van der Waals surface area (Å²) < 4.78 is 5.63. The lowest BCUT2D eigenvalue weighted by atomic mass is 10.1. The van der Waals surface area contributed by atoms with Crippen molar-refractivity contribution in [1.29, 1.82) is 0 Å². The van der Waals surface area contributed by atoms with E-state index in [-0.39, 0.29) is 6.10 Å². The van der Waals surface area contributed by atoms with E-state index < -0.39 is 0 Å². The highest BCUT2D eigenvalue weighted by atomic mass is 16.5. The molecule has 15 heavy (non-hydrogen) atoms. The fourth-order valence-electron chi connectivity index (χ4n) is 2.11. The van der Waals surface area contributed by atoms with Gasteiger partial charge in [0.2, 0.25) is 5.88 Å². The first-order valence-corrected chi connectivity index (χ1v) is 5.29. The van der Waals surface area contributed by atoms with E-state index in [4.69, 9.17) is 4.74 Å². The third-order valence-electron chi connectivity index (χ3n) is 2.83. The van der Waals surface area contributed by atoms with Crippen LogP contribution in [0.15, 0.2) is 24.3 Å². The maximum absolute atomic E-state index is 5.63. The van der Waals surface area contributed by atoms with Crippen molar-refractivity contribution in [3.05, 3.63) is 35.4 Å². The highest BCUT2D eigenvalue weighted by Crippen LogP contribution is 2.29. The molecule has 2 nitrogen and oxygen atoms in total. The molecule has 0 N–H and O–H groups in total. The number of aromatic nitrogens is 1. The average molecular weight is 199 g/mol. The largest absolute Gasteiger partial charge is 0.474 e. The van der Waals surface area contributed by atoms with E-state index >= 15 is 0 Å². The minimum Gasteiger partial charge on any atom is -0.474 e. The molecule has 1 aromatic carbocycles. The van der Waals surface area contributed by atoms with Crippen molar-refractivity contribution in [2.45, 2.75) is 26.4 Å². The molecule has 0 amide bonds. The smallest absolute Gasteiger partial charge is 0.217 e. The Bertz CT molecular complexity index is 533. The summed E-state index contributed by atoms with van der Waals surface area (Å²) in [4.78, 5) is 4.53. The summed E-state index contributed by atoms with van der Waals surface area (Å²) >= 11 is 0. The molecule has 0 spiro atoms. The molecule has 0 fully saturated rings. The van der Waals surface area contributed by atoms with Gasteiger partial charge in [-0.05, 0) is 32.0 Å². The van der Waals surface area contributed by atoms with Crippen molar-refractivity contribution >= 4 is 10.9 Å². The summed E-state index contributed by atoms with van der Waals surface area (Å²) in [6.07, 6.45) is 1.25. The molecule has 0 radical (unpaired) electrons. The molecule has 76 valence electrons. The summed E-state index contributed by atoms with van der Waals surface area (Å²) in [6.45, 7) is 4.18. The molecule has 1 atom stereocenters. The van der Waals surface area contributed by atoms with Crippen LogP contribution in [0.1, 0.15) is 18.1 Å². The summed E-state index contributed by atoms with van der Waals surface area (Å²) in [7, 11) is 0. The number of ether oxygens (including phenoxy) is 1. The van der Waals surface area contributed by atoms with Crippen molar-refractivity contribution in [2.24, 2.45) is 0 Å². The van der Waals surface area contributed by atoms with E-state index in [0.717, 1.165) is 17.8 Å². The number of aryl methyl sites for hydroxylation is 1. The topological polar surface area (TPSA) is 22.1 Å². The van der Waals surface area contributed by atoms with Gasteiger partial charge >= 0.3 is 0 Å². The zero-order chi connectivity index (χ0) is 10.4. The normalized spacial score (nSPS) is 18.9. The Labute approximate surface area is 88.9 Å². The predicted octanol–water partition coefficient (Wildman–Crippen LogP) is 2.87. The highest BCUT2D eigenvalue weighted by molar-refractivity contribution is 5.81. The molecule has 2 aromatic rings. The van der Waals surface area contributed by atoms with Gasteiger partial charge in [0.05, 0.1) is 5.52 Å². The number of hydrogen-bond acceptors (Lipinski definition) is 2. The van der Waals surface area contributed by atoms with Gasteiger partial charge in [-0.1, -0.05) is 11.6 Å². The predicted molar refractivity (Wildman–Crippen MR) is 60.3 cm³/mol. The van der Waals surface area contributed by atoms with E-state index in [1.807, 2.05) is 0 Å². The molecule has 0 saturated heterocycles. The standard InChI is InChI=1S/C13H13NO/c1-8-3-4-12-10(5-8)7-11-6-9(2)15-13(11)14-12/h3-5,7,9H,6H2,1-2H3. The molecule has 1 aromatic heterocycles. The highest BCUT2D eigenvalue weighted by Gasteiger charge is 2.20. The Hall–Kier alpha value is -1.57. The van der Waals surface area contributed by atoms with E-state index in [2.05, 4.69) is 43.1 Å².